The first-order valence-electron chi connectivity index (χ1n) is 11.1. The molecule has 1 aromatic carbocycles. The summed E-state index contributed by atoms with van der Waals surface area (Å²) in [5.74, 6) is 0.216. The fraction of sp³-hybridized carbons (Fsp3) is 0.696. The van der Waals surface area contributed by atoms with Gasteiger partial charge in [-0.1, -0.05) is 31.4 Å². The first kappa shape index (κ1) is 18.9. The van der Waals surface area contributed by atoms with Crippen molar-refractivity contribution >= 4 is 5.91 Å². The number of rotatable bonds is 4. The Balaban J connectivity index is 1.33. The largest absolute Gasteiger partial charge is 0.335 e. The molecule has 3 aliphatic heterocycles. The van der Waals surface area contributed by atoms with Crippen LogP contribution in [0.4, 0.5) is 0 Å². The van der Waals surface area contributed by atoms with Crippen LogP contribution in [0.3, 0.4) is 0 Å². The Kier molecular flexibility index (Phi) is 6.14. The maximum atomic E-state index is 12.9. The van der Waals surface area contributed by atoms with Crippen molar-refractivity contribution in [1.82, 2.24) is 14.7 Å². The molecule has 4 heteroatoms. The summed E-state index contributed by atoms with van der Waals surface area (Å²) < 4.78 is 0. The van der Waals surface area contributed by atoms with E-state index in [1.807, 2.05) is 11.0 Å². The number of benzene rings is 1. The molecule has 4 nitrogen and oxygen atoms in total. The fourth-order valence-corrected chi connectivity index (χ4v) is 5.03. The van der Waals surface area contributed by atoms with E-state index in [4.69, 9.17) is 0 Å². The van der Waals surface area contributed by atoms with E-state index in [2.05, 4.69) is 34.9 Å². The van der Waals surface area contributed by atoms with Gasteiger partial charge in [-0.05, 0) is 69.9 Å². The fourth-order valence-electron chi connectivity index (χ4n) is 5.03. The minimum absolute atomic E-state index is 0.216. The van der Waals surface area contributed by atoms with Crippen molar-refractivity contribution in [3.63, 3.8) is 0 Å². The second-order valence-electron chi connectivity index (χ2n) is 8.84. The van der Waals surface area contributed by atoms with Crippen molar-refractivity contribution in [3.8, 4) is 0 Å². The summed E-state index contributed by atoms with van der Waals surface area (Å²) in [4.78, 5) is 20.1. The van der Waals surface area contributed by atoms with Gasteiger partial charge in [-0.3, -0.25) is 14.6 Å². The van der Waals surface area contributed by atoms with E-state index in [1.54, 1.807) is 0 Å². The highest BCUT2D eigenvalue weighted by molar-refractivity contribution is 5.95. The summed E-state index contributed by atoms with van der Waals surface area (Å²) in [5, 5.41) is 0. The van der Waals surface area contributed by atoms with Gasteiger partial charge in [0.15, 0.2) is 0 Å². The molecular formula is C23H35N3O. The van der Waals surface area contributed by atoms with Crippen LogP contribution in [0.25, 0.3) is 0 Å². The molecule has 1 atom stereocenters. The number of likely N-dealkylation sites (tertiary alicyclic amines) is 3. The normalized spacial score (nSPS) is 25.8. The lowest BCUT2D eigenvalue weighted by atomic mass is 9.97. The Bertz CT molecular complexity index is 632. The SMILES string of the molecule is C[C@H]1CCCCN1C1CN(C(=O)c2cccc(CN3CCCCCC3)c2)C1. The van der Waals surface area contributed by atoms with Crippen molar-refractivity contribution in [3.05, 3.63) is 35.4 Å². The van der Waals surface area contributed by atoms with E-state index in [1.165, 1.54) is 70.1 Å². The van der Waals surface area contributed by atoms with Gasteiger partial charge in [0.1, 0.15) is 0 Å². The lowest BCUT2D eigenvalue weighted by Gasteiger charge is -2.49. The molecule has 1 aromatic rings. The van der Waals surface area contributed by atoms with Crippen LogP contribution in [-0.4, -0.2) is 65.4 Å². The predicted molar refractivity (Wildman–Crippen MR) is 110 cm³/mol. The Morgan fingerprint density at radius 1 is 1.00 bits per heavy atom. The molecule has 148 valence electrons. The zero-order chi connectivity index (χ0) is 18.6. The third-order valence-electron chi connectivity index (χ3n) is 6.75. The molecule has 4 rings (SSSR count). The van der Waals surface area contributed by atoms with Crippen molar-refractivity contribution in [1.29, 1.82) is 0 Å². The first-order valence-corrected chi connectivity index (χ1v) is 11.1. The van der Waals surface area contributed by atoms with E-state index < -0.39 is 0 Å². The van der Waals surface area contributed by atoms with Crippen LogP contribution in [0, 0.1) is 0 Å². The topological polar surface area (TPSA) is 26.8 Å². The smallest absolute Gasteiger partial charge is 0.253 e. The van der Waals surface area contributed by atoms with Crippen molar-refractivity contribution in [2.75, 3.05) is 32.7 Å². The zero-order valence-corrected chi connectivity index (χ0v) is 16.9. The monoisotopic (exact) mass is 369 g/mol. The van der Waals surface area contributed by atoms with Gasteiger partial charge < -0.3 is 4.90 Å². The Morgan fingerprint density at radius 2 is 1.74 bits per heavy atom. The zero-order valence-electron chi connectivity index (χ0n) is 16.9. The van der Waals surface area contributed by atoms with Gasteiger partial charge >= 0.3 is 0 Å². The van der Waals surface area contributed by atoms with E-state index in [0.717, 1.165) is 25.2 Å². The lowest BCUT2D eigenvalue weighted by molar-refractivity contribution is 0.00212. The molecule has 1 amide bonds. The maximum Gasteiger partial charge on any atom is 0.253 e. The lowest BCUT2D eigenvalue weighted by Crippen LogP contribution is -2.63. The third-order valence-corrected chi connectivity index (χ3v) is 6.75. The molecule has 3 saturated heterocycles. The summed E-state index contributed by atoms with van der Waals surface area (Å²) in [6.45, 7) is 8.73. The van der Waals surface area contributed by atoms with Crippen molar-refractivity contribution in [2.45, 2.75) is 70.5 Å². The van der Waals surface area contributed by atoms with E-state index in [9.17, 15) is 4.79 Å². The van der Waals surface area contributed by atoms with Crippen LogP contribution >= 0.6 is 0 Å². The van der Waals surface area contributed by atoms with Gasteiger partial charge in [-0.2, -0.15) is 0 Å². The van der Waals surface area contributed by atoms with Gasteiger partial charge in [-0.15, -0.1) is 0 Å². The molecular weight excluding hydrogens is 334 g/mol. The molecule has 0 unspecified atom stereocenters. The molecule has 3 fully saturated rings. The molecule has 0 aromatic heterocycles. The molecule has 27 heavy (non-hydrogen) atoms. The van der Waals surface area contributed by atoms with Crippen molar-refractivity contribution in [2.24, 2.45) is 0 Å². The highest BCUT2D eigenvalue weighted by Gasteiger charge is 2.37. The Hall–Kier alpha value is -1.39. The van der Waals surface area contributed by atoms with Gasteiger partial charge in [0.05, 0.1) is 0 Å². The van der Waals surface area contributed by atoms with Crippen LogP contribution in [0.2, 0.25) is 0 Å². The standard InChI is InChI=1S/C23H35N3O/c1-19-9-4-7-14-26(19)22-17-25(18-22)23(27)21-11-8-10-20(15-21)16-24-12-5-2-3-6-13-24/h8,10-11,15,19,22H,2-7,9,12-14,16-18H2,1H3/t19-/m0/s1. The minimum Gasteiger partial charge on any atom is -0.335 e. The summed E-state index contributed by atoms with van der Waals surface area (Å²) in [7, 11) is 0. The van der Waals surface area contributed by atoms with Gasteiger partial charge in [0.25, 0.3) is 5.91 Å². The second-order valence-corrected chi connectivity index (χ2v) is 8.84. The number of hydrogen-bond donors (Lipinski definition) is 0. The second kappa shape index (κ2) is 8.74. The molecule has 0 radical (unpaired) electrons. The van der Waals surface area contributed by atoms with Crippen LogP contribution < -0.4 is 0 Å². The molecule has 0 saturated carbocycles. The molecule has 0 spiro atoms. The van der Waals surface area contributed by atoms with E-state index in [0.29, 0.717) is 12.1 Å². The van der Waals surface area contributed by atoms with Gasteiger partial charge in [-0.25, -0.2) is 0 Å². The minimum atomic E-state index is 0.216. The average molecular weight is 370 g/mol. The van der Waals surface area contributed by atoms with E-state index >= 15 is 0 Å². The number of hydrogen-bond acceptors (Lipinski definition) is 3. The van der Waals surface area contributed by atoms with Gasteiger partial charge in [0.2, 0.25) is 0 Å². The van der Waals surface area contributed by atoms with Crippen LogP contribution in [-0.2, 0) is 6.54 Å². The summed E-state index contributed by atoms with van der Waals surface area (Å²) in [6, 6.07) is 9.61. The van der Waals surface area contributed by atoms with Crippen molar-refractivity contribution < 1.29 is 4.79 Å². The highest BCUT2D eigenvalue weighted by Crippen LogP contribution is 2.25. The third kappa shape index (κ3) is 4.55. The van der Waals surface area contributed by atoms with E-state index in [-0.39, 0.29) is 5.91 Å². The molecule has 3 heterocycles. The number of amides is 1. The summed E-state index contributed by atoms with van der Waals surface area (Å²) in [6.07, 6.45) is 9.32. The Labute approximate surface area is 164 Å². The van der Waals surface area contributed by atoms with Crippen LogP contribution in [0.1, 0.15) is 67.8 Å². The average Bonchev–Trinajstić information content (AvgIpc) is 2.91. The molecule has 0 N–H and O–H groups in total. The van der Waals surface area contributed by atoms with Crippen LogP contribution in [0.5, 0.6) is 0 Å². The Morgan fingerprint density at radius 3 is 2.48 bits per heavy atom. The summed E-state index contributed by atoms with van der Waals surface area (Å²) >= 11 is 0. The number of carbonyl (C=O) groups is 1. The molecule has 3 aliphatic rings. The summed E-state index contributed by atoms with van der Waals surface area (Å²) in [5.41, 5.74) is 2.15. The molecule has 0 aliphatic carbocycles. The van der Waals surface area contributed by atoms with Crippen LogP contribution in [0.15, 0.2) is 24.3 Å². The first-order chi connectivity index (χ1) is 13.2. The number of carbonyl (C=O) groups excluding carboxylic acids is 1. The van der Waals surface area contributed by atoms with Gasteiger partial charge in [0, 0.05) is 37.3 Å². The maximum absolute atomic E-state index is 12.9. The highest BCUT2D eigenvalue weighted by atomic mass is 16.2. The predicted octanol–water partition coefficient (Wildman–Crippen LogP) is 3.76. The number of nitrogens with zero attached hydrogens (tertiary/aromatic N) is 3. The molecule has 0 bridgehead atoms. The number of piperidine rings is 1. The quantitative estimate of drug-likeness (QED) is 0.808.